The van der Waals surface area contributed by atoms with E-state index in [0.717, 1.165) is 4.90 Å². The van der Waals surface area contributed by atoms with Gasteiger partial charge in [-0.25, -0.2) is 4.79 Å². The van der Waals surface area contributed by atoms with Gasteiger partial charge in [-0.3, -0.25) is 43.3 Å². The normalized spacial score (nSPS) is 21.1. The Balaban J connectivity index is 1.39. The van der Waals surface area contributed by atoms with Gasteiger partial charge >= 0.3 is 5.97 Å². The SMILES string of the molecule is CC(C)C[C@H](NC(=O)[C@@H]1CCCN1C(=O)[C@H](CO)NC(=O)[C@H](Cc1ccccc1)NC(=O)CNC(=O)[C@@H]1C[C@@H](O)CN1C(=O)[C@@H]1CCCN1C(=O)[C@H](CS)NC(=O)[C@@H](N)CCCN=C(N)N)C(=O)O. The number of nitrogens with zero attached hydrogens (tertiary/aromatic N) is 4. The molecule has 3 fully saturated rings. The molecule has 382 valence electrons. The lowest BCUT2D eigenvalue weighted by Gasteiger charge is -2.32. The van der Waals surface area contributed by atoms with Gasteiger partial charge in [-0.15, -0.1) is 0 Å². The number of hydrogen-bond donors (Lipinski definition) is 12. The Morgan fingerprint density at radius 3 is 2.03 bits per heavy atom. The summed E-state index contributed by atoms with van der Waals surface area (Å²) in [4.78, 5) is 128. The van der Waals surface area contributed by atoms with Gasteiger partial charge in [0, 0.05) is 44.8 Å². The van der Waals surface area contributed by atoms with E-state index in [9.17, 15) is 58.5 Å². The number of nitrogens with one attached hydrogen (secondary N) is 5. The summed E-state index contributed by atoms with van der Waals surface area (Å²) in [7, 11) is 0. The monoisotopic (exact) mass is 988 g/mol. The van der Waals surface area contributed by atoms with E-state index in [4.69, 9.17) is 17.2 Å². The van der Waals surface area contributed by atoms with E-state index < -0.39 is 121 Å². The first-order chi connectivity index (χ1) is 32.7. The molecule has 4 rings (SSSR count). The van der Waals surface area contributed by atoms with E-state index in [0.29, 0.717) is 24.8 Å². The minimum atomic E-state index is -1.55. The summed E-state index contributed by atoms with van der Waals surface area (Å²) in [5.74, 6) is -7.28. The second kappa shape index (κ2) is 26.6. The van der Waals surface area contributed by atoms with Gasteiger partial charge in [0.2, 0.25) is 47.3 Å². The van der Waals surface area contributed by atoms with Crippen molar-refractivity contribution in [1.82, 2.24) is 41.3 Å². The lowest BCUT2D eigenvalue weighted by Crippen LogP contribution is -2.59. The highest BCUT2D eigenvalue weighted by Crippen LogP contribution is 2.26. The largest absolute Gasteiger partial charge is 0.480 e. The summed E-state index contributed by atoms with van der Waals surface area (Å²) in [5.41, 5.74) is 17.3. The molecule has 24 nitrogen and oxygen atoms in total. The lowest BCUT2D eigenvalue weighted by molar-refractivity contribution is -0.147. The minimum absolute atomic E-state index is 0.0487. The molecule has 0 bridgehead atoms. The maximum atomic E-state index is 14.1. The number of thiol groups is 1. The number of benzene rings is 1. The fourth-order valence-electron chi connectivity index (χ4n) is 8.61. The van der Waals surface area contributed by atoms with Crippen molar-refractivity contribution in [3.63, 3.8) is 0 Å². The molecule has 1 aromatic rings. The number of carbonyl (C=O) groups excluding carboxylic acids is 8. The Morgan fingerprint density at radius 2 is 1.42 bits per heavy atom. The third kappa shape index (κ3) is 16.0. The minimum Gasteiger partial charge on any atom is -0.480 e. The Kier molecular flexibility index (Phi) is 21.4. The van der Waals surface area contributed by atoms with Gasteiger partial charge in [-0.05, 0) is 56.4 Å². The zero-order valence-corrected chi connectivity index (χ0v) is 39.9. The number of aliphatic hydroxyl groups is 2. The van der Waals surface area contributed by atoms with Crippen molar-refractivity contribution in [3.8, 4) is 0 Å². The first-order valence-corrected chi connectivity index (χ1v) is 23.8. The molecule has 0 spiro atoms. The van der Waals surface area contributed by atoms with Crippen LogP contribution in [0.5, 0.6) is 0 Å². The van der Waals surface area contributed by atoms with Crippen LogP contribution in [0, 0.1) is 5.92 Å². The van der Waals surface area contributed by atoms with Crippen LogP contribution in [-0.2, 0) is 49.6 Å². The summed E-state index contributed by atoms with van der Waals surface area (Å²) in [6.07, 6.45) is 0.706. The van der Waals surface area contributed by atoms with Gasteiger partial charge in [-0.2, -0.15) is 12.6 Å². The van der Waals surface area contributed by atoms with E-state index in [1.165, 1.54) is 9.80 Å². The third-order valence-electron chi connectivity index (χ3n) is 12.1. The first kappa shape index (κ1) is 55.5. The number of carboxylic acids is 1. The molecular formula is C44H68N12O12S. The molecule has 14 N–H and O–H groups in total. The van der Waals surface area contributed by atoms with Crippen LogP contribution in [0.25, 0.3) is 0 Å². The van der Waals surface area contributed by atoms with Crippen molar-refractivity contribution < 1.29 is 58.5 Å². The van der Waals surface area contributed by atoms with Crippen LogP contribution in [-0.4, -0.2) is 189 Å². The highest BCUT2D eigenvalue weighted by molar-refractivity contribution is 7.80. The zero-order chi connectivity index (χ0) is 50.9. The number of guanidine groups is 1. The molecule has 3 heterocycles. The highest BCUT2D eigenvalue weighted by atomic mass is 32.1. The number of β-amino-alcohol motifs (C(OH)–C–C–N with tert-alkyl or cyclic N) is 1. The first-order valence-electron chi connectivity index (χ1n) is 23.1. The van der Waals surface area contributed by atoms with Crippen LogP contribution in [0.4, 0.5) is 0 Å². The summed E-state index contributed by atoms with van der Waals surface area (Å²) >= 11 is 4.25. The number of nitrogens with two attached hydrogens (primary N) is 3. The predicted molar refractivity (Wildman–Crippen MR) is 252 cm³/mol. The van der Waals surface area contributed by atoms with Crippen LogP contribution in [0.15, 0.2) is 35.3 Å². The molecule has 0 radical (unpaired) electrons. The number of aliphatic carboxylic acids is 1. The molecule has 8 amide bonds. The number of carboxylic acid groups (broad SMARTS) is 1. The van der Waals surface area contributed by atoms with Gasteiger partial charge in [0.25, 0.3) is 0 Å². The van der Waals surface area contributed by atoms with Crippen molar-refractivity contribution in [1.29, 1.82) is 0 Å². The van der Waals surface area contributed by atoms with E-state index in [2.05, 4.69) is 44.2 Å². The Bertz CT molecular complexity index is 2030. The number of likely N-dealkylation sites (tertiary alicyclic amines) is 3. The highest BCUT2D eigenvalue weighted by Gasteiger charge is 2.46. The zero-order valence-electron chi connectivity index (χ0n) is 39.0. The Morgan fingerprint density at radius 1 is 0.797 bits per heavy atom. The maximum absolute atomic E-state index is 14.1. The molecule has 1 aromatic carbocycles. The molecule has 0 unspecified atom stereocenters. The third-order valence-corrected chi connectivity index (χ3v) is 12.5. The number of hydrogen-bond acceptors (Lipinski definition) is 14. The molecule has 69 heavy (non-hydrogen) atoms. The number of rotatable bonds is 24. The second-order valence-corrected chi connectivity index (χ2v) is 18.2. The quantitative estimate of drug-likeness (QED) is 0.0202. The molecule has 3 aliphatic heterocycles. The van der Waals surface area contributed by atoms with Crippen LogP contribution >= 0.6 is 12.6 Å². The summed E-state index contributed by atoms with van der Waals surface area (Å²) in [6, 6.07) is -0.970. The van der Waals surface area contributed by atoms with Crippen LogP contribution < -0.4 is 43.8 Å². The van der Waals surface area contributed by atoms with Crippen LogP contribution in [0.1, 0.15) is 70.8 Å². The van der Waals surface area contributed by atoms with Crippen molar-refractivity contribution >= 4 is 71.8 Å². The lowest BCUT2D eigenvalue weighted by atomic mass is 10.0. The number of aliphatic imine (C=N–C) groups is 1. The molecule has 0 aliphatic carbocycles. The molecule has 3 saturated heterocycles. The van der Waals surface area contributed by atoms with Gasteiger partial charge in [0.15, 0.2) is 5.96 Å². The fourth-order valence-corrected chi connectivity index (χ4v) is 8.86. The molecular weight excluding hydrogens is 921 g/mol. The molecule has 0 saturated carbocycles. The standard InChI is InChI=1S/C44H68N12O12S/c1-24(2)17-29(43(67)68)51-39(63)32-12-7-15-54(32)40(64)30(22-57)52-37(61)28(18-25-9-4-3-5-10-25)50-35(59)20-49-38(62)34-19-26(58)21-56(34)42(66)33-13-8-16-55(33)41(65)31(23-69)53-36(60)27(45)11-6-14-48-44(46)47/h3-5,9-10,24,26-34,57-58,69H,6-8,11-23,45H2,1-2H3,(H,49,62)(H,50,59)(H,51,63)(H,52,61)(H,53,60)(H,67,68)(H4,46,47,48)/t26-,27+,28+,29+,30+,31+,32+,33+,34+/m1/s1. The molecule has 3 aliphatic rings. The molecule has 0 aromatic heterocycles. The van der Waals surface area contributed by atoms with Gasteiger partial charge in [0.1, 0.15) is 42.3 Å². The average molecular weight is 989 g/mol. The van der Waals surface area contributed by atoms with Gasteiger partial charge in [-0.1, -0.05) is 44.2 Å². The van der Waals surface area contributed by atoms with E-state index in [1.807, 2.05) is 0 Å². The summed E-state index contributed by atoms with van der Waals surface area (Å²) in [5, 5.41) is 43.2. The van der Waals surface area contributed by atoms with Crippen molar-refractivity contribution in [2.75, 3.05) is 45.1 Å². The smallest absolute Gasteiger partial charge is 0.326 e. The van der Waals surface area contributed by atoms with Crippen LogP contribution in [0.3, 0.4) is 0 Å². The Hall–Kier alpha value is -6.05. The average Bonchev–Trinajstić information content (AvgIpc) is 4.10. The number of aliphatic hydroxyl groups excluding tert-OH is 2. The number of carbonyl (C=O) groups is 9. The summed E-state index contributed by atoms with van der Waals surface area (Å²) < 4.78 is 0. The second-order valence-electron chi connectivity index (χ2n) is 17.9. The fraction of sp³-hybridized carbons (Fsp3) is 0.636. The predicted octanol–water partition coefficient (Wildman–Crippen LogP) is -4.34. The Labute approximate surface area is 405 Å². The van der Waals surface area contributed by atoms with E-state index in [-0.39, 0.29) is 82.3 Å². The topological polar surface area (TPSA) is 375 Å². The van der Waals surface area contributed by atoms with E-state index in [1.54, 1.807) is 44.2 Å². The molecule has 25 heteroatoms. The van der Waals surface area contributed by atoms with Crippen molar-refractivity contribution in [2.24, 2.45) is 28.1 Å². The van der Waals surface area contributed by atoms with Crippen molar-refractivity contribution in [3.05, 3.63) is 35.9 Å². The summed E-state index contributed by atoms with van der Waals surface area (Å²) in [6.45, 7) is 2.34. The van der Waals surface area contributed by atoms with Gasteiger partial charge < -0.3 is 73.8 Å². The van der Waals surface area contributed by atoms with Gasteiger partial charge in [0.05, 0.1) is 25.3 Å². The van der Waals surface area contributed by atoms with Crippen LogP contribution in [0.2, 0.25) is 0 Å². The maximum Gasteiger partial charge on any atom is 0.326 e. The molecule has 9 atom stereocenters. The van der Waals surface area contributed by atoms with E-state index >= 15 is 0 Å². The van der Waals surface area contributed by atoms with Crippen molar-refractivity contribution in [2.45, 2.75) is 126 Å². The number of amides is 8.